The van der Waals surface area contributed by atoms with Gasteiger partial charge in [-0.05, 0) is 54.3 Å². The van der Waals surface area contributed by atoms with Gasteiger partial charge >= 0.3 is 0 Å². The Bertz CT molecular complexity index is 351. The summed E-state index contributed by atoms with van der Waals surface area (Å²) in [6.07, 6.45) is 5.22. The summed E-state index contributed by atoms with van der Waals surface area (Å²) in [6, 6.07) is 2.47. The van der Waals surface area contributed by atoms with Gasteiger partial charge < -0.3 is 10.6 Å². The molecule has 2 heterocycles. The largest absolute Gasteiger partial charge is 0.380 e. The Morgan fingerprint density at radius 3 is 3.19 bits per heavy atom. The van der Waals surface area contributed by atoms with Crippen molar-refractivity contribution in [2.45, 2.75) is 25.3 Å². The van der Waals surface area contributed by atoms with Crippen molar-refractivity contribution in [3.05, 3.63) is 21.9 Å². The molecule has 1 aromatic heterocycles. The third kappa shape index (κ3) is 3.34. The van der Waals surface area contributed by atoms with E-state index in [4.69, 9.17) is 11.6 Å². The summed E-state index contributed by atoms with van der Waals surface area (Å²) in [5.74, 6) is 0. The molecular formula is C11H15BrClN3. The Hall–Kier alpha value is -0.320. The minimum Gasteiger partial charge on any atom is -0.380 e. The van der Waals surface area contributed by atoms with Gasteiger partial charge in [0.2, 0.25) is 0 Å². The van der Waals surface area contributed by atoms with Crippen molar-refractivity contribution < 1.29 is 0 Å². The van der Waals surface area contributed by atoms with Crippen LogP contribution in [0, 0.1) is 0 Å². The van der Waals surface area contributed by atoms with Gasteiger partial charge in [0.05, 0.1) is 5.69 Å². The van der Waals surface area contributed by atoms with Crippen molar-refractivity contribution in [3.63, 3.8) is 0 Å². The molecule has 88 valence electrons. The van der Waals surface area contributed by atoms with Gasteiger partial charge in [-0.2, -0.15) is 0 Å². The van der Waals surface area contributed by atoms with E-state index >= 15 is 0 Å². The fourth-order valence-electron chi connectivity index (χ4n) is 1.91. The molecule has 16 heavy (non-hydrogen) atoms. The molecule has 0 saturated carbocycles. The number of nitrogens with zero attached hydrogens (tertiary/aromatic N) is 1. The second-order valence-electron chi connectivity index (χ2n) is 4.01. The molecule has 0 aliphatic carbocycles. The number of hydrogen-bond acceptors (Lipinski definition) is 3. The number of anilines is 1. The van der Waals surface area contributed by atoms with Crippen LogP contribution in [-0.4, -0.2) is 24.1 Å². The summed E-state index contributed by atoms with van der Waals surface area (Å²) >= 11 is 9.45. The minimum atomic E-state index is 0.489. The first-order valence-electron chi connectivity index (χ1n) is 5.54. The van der Waals surface area contributed by atoms with Gasteiger partial charge in [-0.25, -0.2) is 4.98 Å². The Kier molecular flexibility index (Phi) is 4.44. The first-order chi connectivity index (χ1) is 7.75. The van der Waals surface area contributed by atoms with E-state index in [1.165, 1.54) is 12.8 Å². The van der Waals surface area contributed by atoms with Gasteiger partial charge in [0.15, 0.2) is 5.15 Å². The molecule has 1 fully saturated rings. The summed E-state index contributed by atoms with van der Waals surface area (Å²) in [5, 5.41) is 7.40. The third-order valence-electron chi connectivity index (χ3n) is 2.74. The molecule has 1 saturated heterocycles. The van der Waals surface area contributed by atoms with Crippen LogP contribution in [0.5, 0.6) is 0 Å². The highest BCUT2D eigenvalue weighted by atomic mass is 79.9. The van der Waals surface area contributed by atoms with E-state index in [9.17, 15) is 0 Å². The highest BCUT2D eigenvalue weighted by molar-refractivity contribution is 9.10. The van der Waals surface area contributed by atoms with E-state index in [2.05, 4.69) is 31.5 Å². The number of aromatic nitrogens is 1. The van der Waals surface area contributed by atoms with E-state index < -0.39 is 0 Å². The van der Waals surface area contributed by atoms with Crippen molar-refractivity contribution in [2.24, 2.45) is 0 Å². The molecule has 1 aliphatic heterocycles. The van der Waals surface area contributed by atoms with Crippen LogP contribution in [0.2, 0.25) is 5.15 Å². The van der Waals surface area contributed by atoms with Crippen LogP contribution in [0.25, 0.3) is 0 Å². The van der Waals surface area contributed by atoms with Gasteiger partial charge in [0.25, 0.3) is 0 Å². The lowest BCUT2D eigenvalue weighted by Crippen LogP contribution is -2.21. The lowest BCUT2D eigenvalue weighted by Gasteiger charge is -2.18. The lowest BCUT2D eigenvalue weighted by molar-refractivity contribution is 0.637. The predicted molar refractivity (Wildman–Crippen MR) is 71.1 cm³/mol. The molecule has 1 aliphatic rings. The van der Waals surface area contributed by atoms with E-state index in [0.717, 1.165) is 29.7 Å². The molecule has 2 rings (SSSR count). The van der Waals surface area contributed by atoms with Crippen LogP contribution in [0.3, 0.4) is 0 Å². The fourth-order valence-corrected chi connectivity index (χ4v) is 2.40. The van der Waals surface area contributed by atoms with Crippen molar-refractivity contribution in [1.29, 1.82) is 0 Å². The Morgan fingerprint density at radius 2 is 2.31 bits per heavy atom. The first kappa shape index (κ1) is 12.1. The number of hydrogen-bond donors (Lipinski definition) is 2. The van der Waals surface area contributed by atoms with Crippen molar-refractivity contribution >= 4 is 33.2 Å². The number of pyridine rings is 1. The SMILES string of the molecule is Clc1ncc(Br)cc1NC1CCCNCC1. The van der Waals surface area contributed by atoms with Crippen LogP contribution < -0.4 is 10.6 Å². The zero-order valence-corrected chi connectivity index (χ0v) is 11.3. The minimum absolute atomic E-state index is 0.489. The summed E-state index contributed by atoms with van der Waals surface area (Å²) in [6.45, 7) is 2.18. The van der Waals surface area contributed by atoms with Crippen LogP contribution in [0.1, 0.15) is 19.3 Å². The molecule has 2 N–H and O–H groups in total. The maximum Gasteiger partial charge on any atom is 0.152 e. The van der Waals surface area contributed by atoms with Crippen LogP contribution in [0.4, 0.5) is 5.69 Å². The molecule has 5 heteroatoms. The van der Waals surface area contributed by atoms with Crippen LogP contribution in [-0.2, 0) is 0 Å². The van der Waals surface area contributed by atoms with Crippen LogP contribution in [0.15, 0.2) is 16.7 Å². The van der Waals surface area contributed by atoms with Crippen LogP contribution >= 0.6 is 27.5 Å². The molecule has 0 aromatic carbocycles. The highest BCUT2D eigenvalue weighted by Gasteiger charge is 2.13. The molecule has 3 nitrogen and oxygen atoms in total. The Balaban J connectivity index is 2.04. The monoisotopic (exact) mass is 303 g/mol. The zero-order valence-electron chi connectivity index (χ0n) is 8.97. The van der Waals surface area contributed by atoms with E-state index in [1.54, 1.807) is 6.20 Å². The Morgan fingerprint density at radius 1 is 1.44 bits per heavy atom. The summed E-state index contributed by atoms with van der Waals surface area (Å²) < 4.78 is 0.950. The molecule has 1 unspecified atom stereocenters. The van der Waals surface area contributed by atoms with Crippen molar-refractivity contribution in [3.8, 4) is 0 Å². The molecule has 0 radical (unpaired) electrons. The second-order valence-corrected chi connectivity index (χ2v) is 5.29. The van der Waals surface area contributed by atoms with Gasteiger partial charge in [0.1, 0.15) is 0 Å². The number of rotatable bonds is 2. The third-order valence-corrected chi connectivity index (χ3v) is 3.48. The number of halogens is 2. The quantitative estimate of drug-likeness (QED) is 0.825. The standard InChI is InChI=1S/C11H15BrClN3/c12-8-6-10(11(13)15-7-8)16-9-2-1-4-14-5-3-9/h6-7,9,14,16H,1-5H2. The van der Waals surface area contributed by atoms with Crippen molar-refractivity contribution in [2.75, 3.05) is 18.4 Å². The predicted octanol–water partition coefficient (Wildman–Crippen LogP) is 3.05. The van der Waals surface area contributed by atoms with E-state index in [0.29, 0.717) is 11.2 Å². The smallest absolute Gasteiger partial charge is 0.152 e. The maximum absolute atomic E-state index is 6.05. The molecule has 1 atom stereocenters. The Labute approximate surface area is 109 Å². The molecule has 0 spiro atoms. The van der Waals surface area contributed by atoms with Gasteiger partial charge in [-0.3, -0.25) is 0 Å². The molecular weight excluding hydrogens is 289 g/mol. The molecule has 0 bridgehead atoms. The van der Waals surface area contributed by atoms with E-state index in [-0.39, 0.29) is 0 Å². The summed E-state index contributed by atoms with van der Waals surface area (Å²) in [4.78, 5) is 4.11. The fraction of sp³-hybridized carbons (Fsp3) is 0.545. The number of nitrogens with one attached hydrogen (secondary N) is 2. The average Bonchev–Trinajstić information content (AvgIpc) is 2.52. The lowest BCUT2D eigenvalue weighted by atomic mass is 10.1. The van der Waals surface area contributed by atoms with Gasteiger partial charge in [0, 0.05) is 16.7 Å². The average molecular weight is 305 g/mol. The normalized spacial score (nSPS) is 21.5. The second kappa shape index (κ2) is 5.84. The van der Waals surface area contributed by atoms with Gasteiger partial charge in [-0.15, -0.1) is 0 Å². The summed E-state index contributed by atoms with van der Waals surface area (Å²) in [7, 11) is 0. The highest BCUT2D eigenvalue weighted by Crippen LogP contribution is 2.25. The zero-order chi connectivity index (χ0) is 11.4. The summed E-state index contributed by atoms with van der Waals surface area (Å²) in [5.41, 5.74) is 0.919. The molecule has 0 amide bonds. The van der Waals surface area contributed by atoms with Crippen molar-refractivity contribution in [1.82, 2.24) is 10.3 Å². The first-order valence-corrected chi connectivity index (χ1v) is 6.71. The topological polar surface area (TPSA) is 37.0 Å². The molecule has 1 aromatic rings. The maximum atomic E-state index is 6.05. The van der Waals surface area contributed by atoms with E-state index in [1.807, 2.05) is 6.07 Å². The van der Waals surface area contributed by atoms with Gasteiger partial charge in [-0.1, -0.05) is 11.6 Å².